The first kappa shape index (κ1) is 17.9. The van der Waals surface area contributed by atoms with Gasteiger partial charge < -0.3 is 4.74 Å². The minimum Gasteiger partial charge on any atom is -0.467 e. The lowest BCUT2D eigenvalue weighted by Gasteiger charge is -2.15. The predicted molar refractivity (Wildman–Crippen MR) is 110 cm³/mol. The van der Waals surface area contributed by atoms with Gasteiger partial charge in [0.25, 0.3) is 5.56 Å². The van der Waals surface area contributed by atoms with Gasteiger partial charge in [-0.15, -0.1) is 0 Å². The molecular weight excluding hydrogens is 382 g/mol. The molecule has 0 N–H and O–H groups in total. The zero-order chi connectivity index (χ0) is 19.1. The maximum Gasteiger partial charge on any atom is 0.329 e. The van der Waals surface area contributed by atoms with Crippen LogP contribution in [0.15, 0.2) is 53.3 Å². The summed E-state index contributed by atoms with van der Waals surface area (Å²) in [6, 6.07) is 14.9. The summed E-state index contributed by atoms with van der Waals surface area (Å²) < 4.78 is 6.17. The molecule has 2 aromatic carbocycles. The highest BCUT2D eigenvalue weighted by Gasteiger charge is 2.35. The fraction of sp³-hybridized carbons (Fsp3) is 0.190. The second-order valence-corrected chi connectivity index (χ2v) is 7.39. The molecule has 0 bridgehead atoms. The van der Waals surface area contributed by atoms with E-state index in [0.29, 0.717) is 27.6 Å². The Morgan fingerprint density at radius 2 is 1.96 bits per heavy atom. The van der Waals surface area contributed by atoms with E-state index in [4.69, 9.17) is 28.6 Å². The van der Waals surface area contributed by atoms with Crippen molar-refractivity contribution in [1.29, 1.82) is 0 Å². The number of thiocarbonyl (C=S) groups is 1. The summed E-state index contributed by atoms with van der Waals surface area (Å²) in [4.78, 5) is 25.3. The first-order chi connectivity index (χ1) is 13.0. The van der Waals surface area contributed by atoms with Gasteiger partial charge in [0, 0.05) is 17.4 Å². The number of aromatic nitrogens is 1. The number of benzene rings is 2. The monoisotopic (exact) mass is 397 g/mol. The maximum atomic E-state index is 12.8. The Morgan fingerprint density at radius 3 is 2.74 bits per heavy atom. The van der Waals surface area contributed by atoms with Crippen LogP contribution in [0.4, 0.5) is 0 Å². The molecule has 0 saturated heterocycles. The van der Waals surface area contributed by atoms with Crippen LogP contribution in [0.5, 0.6) is 0 Å². The van der Waals surface area contributed by atoms with E-state index in [0.717, 1.165) is 16.3 Å². The molecule has 0 aliphatic carbocycles. The molecule has 1 aliphatic rings. The van der Waals surface area contributed by atoms with E-state index in [-0.39, 0.29) is 12.0 Å². The van der Waals surface area contributed by atoms with E-state index < -0.39 is 12.0 Å². The molecule has 27 heavy (non-hydrogen) atoms. The standard InChI is InChI=1S/C21H16ClNO3S/c1-26-21(25)16-11-17(27)20-19(22)14(10-18(24)23(16)20)9-13-7-4-6-12-5-2-3-8-15(12)13/h2-8,10,16H,9,11H2,1H3/t16-/m1/s1. The molecule has 1 aliphatic heterocycles. The van der Waals surface area contributed by atoms with Gasteiger partial charge in [-0.3, -0.25) is 9.36 Å². The Morgan fingerprint density at radius 1 is 1.22 bits per heavy atom. The van der Waals surface area contributed by atoms with E-state index in [2.05, 4.69) is 6.07 Å². The van der Waals surface area contributed by atoms with Crippen LogP contribution in [0, 0.1) is 0 Å². The number of methoxy groups -OCH3 is 1. The van der Waals surface area contributed by atoms with Gasteiger partial charge in [0.2, 0.25) is 0 Å². The number of fused-ring (bicyclic) bond motifs is 2. The van der Waals surface area contributed by atoms with Crippen molar-refractivity contribution in [2.75, 3.05) is 7.11 Å². The molecule has 0 radical (unpaired) electrons. The molecule has 4 nitrogen and oxygen atoms in total. The molecule has 0 unspecified atom stereocenters. The van der Waals surface area contributed by atoms with Crippen molar-refractivity contribution in [2.45, 2.75) is 18.9 Å². The van der Waals surface area contributed by atoms with Gasteiger partial charge in [-0.05, 0) is 28.3 Å². The average molecular weight is 398 g/mol. The number of halogens is 1. The second-order valence-electron chi connectivity index (χ2n) is 6.52. The highest BCUT2D eigenvalue weighted by Crippen LogP contribution is 2.33. The van der Waals surface area contributed by atoms with Crippen molar-refractivity contribution in [1.82, 2.24) is 4.57 Å². The molecule has 136 valence electrons. The molecule has 4 rings (SSSR count). The van der Waals surface area contributed by atoms with Crippen LogP contribution in [-0.2, 0) is 16.0 Å². The lowest BCUT2D eigenvalue weighted by molar-refractivity contribution is -0.144. The molecule has 1 aromatic heterocycles. The number of carbonyl (C=O) groups is 1. The van der Waals surface area contributed by atoms with Gasteiger partial charge in [-0.2, -0.15) is 0 Å². The van der Waals surface area contributed by atoms with Crippen LogP contribution in [-0.4, -0.2) is 22.5 Å². The number of hydrogen-bond acceptors (Lipinski definition) is 4. The van der Waals surface area contributed by atoms with Crippen molar-refractivity contribution < 1.29 is 9.53 Å². The normalized spacial score (nSPS) is 15.8. The van der Waals surface area contributed by atoms with Gasteiger partial charge in [-0.25, -0.2) is 4.79 Å². The SMILES string of the molecule is COC(=O)[C@H]1CC(=S)c2c(Cl)c(Cc3cccc4ccccc34)cc(=O)n21. The first-order valence-electron chi connectivity index (χ1n) is 8.53. The number of nitrogens with zero attached hydrogens (tertiary/aromatic N) is 1. The number of ether oxygens (including phenoxy) is 1. The topological polar surface area (TPSA) is 48.3 Å². The summed E-state index contributed by atoms with van der Waals surface area (Å²) in [6.45, 7) is 0. The van der Waals surface area contributed by atoms with E-state index in [1.807, 2.05) is 36.4 Å². The Kier molecular flexibility index (Phi) is 4.58. The molecule has 0 spiro atoms. The lowest BCUT2D eigenvalue weighted by atomic mass is 9.98. The van der Waals surface area contributed by atoms with E-state index >= 15 is 0 Å². The number of esters is 1. The number of carbonyl (C=O) groups excluding carboxylic acids is 1. The lowest BCUT2D eigenvalue weighted by Crippen LogP contribution is -2.28. The number of rotatable bonds is 3. The van der Waals surface area contributed by atoms with Crippen LogP contribution in [0.3, 0.4) is 0 Å². The zero-order valence-electron chi connectivity index (χ0n) is 14.6. The molecule has 1 atom stereocenters. The molecular formula is C21H16ClNO3S. The van der Waals surface area contributed by atoms with Crippen LogP contribution in [0.25, 0.3) is 10.8 Å². The van der Waals surface area contributed by atoms with Crippen LogP contribution in [0.1, 0.15) is 29.3 Å². The third-order valence-electron chi connectivity index (χ3n) is 4.95. The van der Waals surface area contributed by atoms with Crippen molar-refractivity contribution >= 4 is 45.4 Å². The van der Waals surface area contributed by atoms with Crippen molar-refractivity contribution in [2.24, 2.45) is 0 Å². The summed E-state index contributed by atoms with van der Waals surface area (Å²) in [6.07, 6.45) is 0.767. The fourth-order valence-electron chi connectivity index (χ4n) is 3.68. The molecule has 3 aromatic rings. The van der Waals surface area contributed by atoms with Gasteiger partial charge in [0.05, 0.1) is 17.8 Å². The Labute approximate surface area is 166 Å². The minimum absolute atomic E-state index is 0.259. The maximum absolute atomic E-state index is 12.8. The van der Waals surface area contributed by atoms with E-state index in [1.54, 1.807) is 0 Å². The van der Waals surface area contributed by atoms with Gasteiger partial charge in [0.15, 0.2) is 0 Å². The highest BCUT2D eigenvalue weighted by atomic mass is 35.5. The quantitative estimate of drug-likeness (QED) is 0.493. The smallest absolute Gasteiger partial charge is 0.329 e. The molecule has 2 heterocycles. The van der Waals surface area contributed by atoms with Crippen molar-refractivity contribution in [3.8, 4) is 0 Å². The summed E-state index contributed by atoms with van der Waals surface area (Å²) in [7, 11) is 1.30. The summed E-state index contributed by atoms with van der Waals surface area (Å²) in [5.41, 5.74) is 1.95. The van der Waals surface area contributed by atoms with E-state index in [1.165, 1.54) is 17.7 Å². The molecule has 0 saturated carbocycles. The van der Waals surface area contributed by atoms with E-state index in [9.17, 15) is 9.59 Å². The van der Waals surface area contributed by atoms with Gasteiger partial charge in [0.1, 0.15) is 6.04 Å². The molecule has 6 heteroatoms. The summed E-state index contributed by atoms with van der Waals surface area (Å²) in [5.74, 6) is -0.490. The van der Waals surface area contributed by atoms with Crippen molar-refractivity contribution in [3.63, 3.8) is 0 Å². The third kappa shape index (κ3) is 2.97. The average Bonchev–Trinajstić information content (AvgIpc) is 3.03. The van der Waals surface area contributed by atoms with Crippen LogP contribution in [0.2, 0.25) is 5.02 Å². The van der Waals surface area contributed by atoms with Gasteiger partial charge >= 0.3 is 5.97 Å². The number of pyridine rings is 1. The first-order valence-corrected chi connectivity index (χ1v) is 9.31. The third-order valence-corrected chi connectivity index (χ3v) is 5.74. The van der Waals surface area contributed by atoms with Crippen LogP contribution >= 0.6 is 23.8 Å². The van der Waals surface area contributed by atoms with Gasteiger partial charge in [-0.1, -0.05) is 66.3 Å². The van der Waals surface area contributed by atoms with Crippen LogP contribution < -0.4 is 5.56 Å². The minimum atomic E-state index is -0.742. The summed E-state index contributed by atoms with van der Waals surface area (Å²) in [5, 5.41) is 2.68. The Bertz CT molecular complexity index is 1150. The molecule has 0 amide bonds. The highest BCUT2D eigenvalue weighted by molar-refractivity contribution is 7.80. The number of hydrogen-bond donors (Lipinski definition) is 0. The Balaban J connectivity index is 1.83. The van der Waals surface area contributed by atoms with Crippen molar-refractivity contribution in [3.05, 3.63) is 80.7 Å². The Hall–Kier alpha value is -2.50. The second kappa shape index (κ2) is 6.91. The summed E-state index contributed by atoms with van der Waals surface area (Å²) >= 11 is 12.1. The predicted octanol–water partition coefficient (Wildman–Crippen LogP) is 4.08. The molecule has 0 fully saturated rings. The zero-order valence-corrected chi connectivity index (χ0v) is 16.1. The fourth-order valence-corrected chi connectivity index (χ4v) is 4.43. The largest absolute Gasteiger partial charge is 0.467 e.